The van der Waals surface area contributed by atoms with E-state index in [1.807, 2.05) is 0 Å². The standard InChI is InChI=1S/8C4H8O2.2Hf/c8*1-3(2)4(5)6;;/h8*3H,1-2H3,(H,5,6);;/q;;;;;;;;2*+4/p-8. The molecular weight excluding hydrogens is 997 g/mol. The maximum Gasteiger partial charge on any atom is 4.00 e. The number of carbonyl (C=O) groups is 8. The normalized spacial score (nSPS) is 8.80. The predicted octanol–water partition coefficient (Wildman–Crippen LogP) is -4.87. The molecule has 0 aliphatic rings. The Hall–Kier alpha value is -2.50. The van der Waals surface area contributed by atoms with Gasteiger partial charge < -0.3 is 79.2 Å². The average Bonchev–Trinajstić information content (AvgIpc) is 2.90. The molecule has 18 heteroatoms. The first-order chi connectivity index (χ1) is 21.1. The minimum absolute atomic E-state index is 0. The second-order valence-corrected chi connectivity index (χ2v) is 11.8. The van der Waals surface area contributed by atoms with Crippen molar-refractivity contribution in [2.24, 2.45) is 47.3 Å². The number of hydrogen-bond acceptors (Lipinski definition) is 16. The Bertz CT molecular complexity index is 681. The van der Waals surface area contributed by atoms with Crippen LogP contribution in [0.25, 0.3) is 0 Å². The van der Waals surface area contributed by atoms with Crippen LogP contribution in [0.5, 0.6) is 0 Å². The summed E-state index contributed by atoms with van der Waals surface area (Å²) in [5.74, 6) is -10.7. The van der Waals surface area contributed by atoms with E-state index >= 15 is 0 Å². The zero-order valence-electron chi connectivity index (χ0n) is 32.2. The molecule has 0 aromatic heterocycles. The molecule has 0 heterocycles. The van der Waals surface area contributed by atoms with Gasteiger partial charge in [-0.3, -0.25) is 0 Å². The third-order valence-electron chi connectivity index (χ3n) is 3.77. The van der Waals surface area contributed by atoms with Gasteiger partial charge in [0.25, 0.3) is 0 Å². The number of rotatable bonds is 8. The summed E-state index contributed by atoms with van der Waals surface area (Å²) in [5, 5.41) is 76.7. The molecule has 0 saturated heterocycles. The molecule has 0 aliphatic heterocycles. The van der Waals surface area contributed by atoms with Gasteiger partial charge in [0.05, 0.1) is 0 Å². The van der Waals surface area contributed by atoms with Gasteiger partial charge in [-0.25, -0.2) is 0 Å². The topological polar surface area (TPSA) is 321 Å². The molecule has 0 aromatic carbocycles. The Morgan fingerprint density at radius 2 is 0.240 bits per heavy atom. The summed E-state index contributed by atoms with van der Waals surface area (Å²) < 4.78 is 0. The SMILES string of the molecule is CC(C)C(=O)[O-].CC(C)C(=O)[O-].CC(C)C(=O)[O-].CC(C)C(=O)[O-].CC(C)C(=O)[O-].CC(C)C(=O)[O-].CC(C)C(=O)[O-].CC(C)C(=O)[O-].[Hf+4].[Hf+4]. The monoisotopic (exact) mass is 1060 g/mol. The molecule has 0 aromatic rings. The van der Waals surface area contributed by atoms with Crippen LogP contribution < -0.4 is 40.9 Å². The summed E-state index contributed by atoms with van der Waals surface area (Å²) in [4.78, 5) is 76.7. The summed E-state index contributed by atoms with van der Waals surface area (Å²) in [7, 11) is 0. The van der Waals surface area contributed by atoms with Gasteiger partial charge in [0.1, 0.15) is 0 Å². The third-order valence-corrected chi connectivity index (χ3v) is 3.77. The number of aliphatic carboxylic acids is 8. The van der Waals surface area contributed by atoms with Gasteiger partial charge in [0.2, 0.25) is 0 Å². The minimum atomic E-state index is -0.991. The van der Waals surface area contributed by atoms with Gasteiger partial charge in [-0.15, -0.1) is 0 Å². The molecular formula is C32H56Hf2O16. The van der Waals surface area contributed by atoms with Crippen LogP contribution in [0.15, 0.2) is 0 Å². The fraction of sp³-hybridized carbons (Fsp3) is 0.750. The van der Waals surface area contributed by atoms with E-state index in [1.54, 1.807) is 111 Å². The van der Waals surface area contributed by atoms with Crippen molar-refractivity contribution in [2.75, 3.05) is 0 Å². The Kier molecular flexibility index (Phi) is 67.9. The Morgan fingerprint density at radius 3 is 0.240 bits per heavy atom. The molecule has 0 fully saturated rings. The van der Waals surface area contributed by atoms with Crippen molar-refractivity contribution in [3.05, 3.63) is 0 Å². The Morgan fingerprint density at radius 1 is 0.220 bits per heavy atom. The van der Waals surface area contributed by atoms with Crippen LogP contribution >= 0.6 is 0 Å². The van der Waals surface area contributed by atoms with Gasteiger partial charge >= 0.3 is 51.7 Å². The second-order valence-electron chi connectivity index (χ2n) is 11.8. The van der Waals surface area contributed by atoms with Crippen LogP contribution in [0.2, 0.25) is 0 Å². The molecule has 0 spiro atoms. The first-order valence-corrected chi connectivity index (χ1v) is 14.8. The predicted molar refractivity (Wildman–Crippen MR) is 159 cm³/mol. The van der Waals surface area contributed by atoms with Gasteiger partial charge in [-0.1, -0.05) is 111 Å². The molecule has 0 aliphatic carbocycles. The largest absolute Gasteiger partial charge is 4.00 e. The van der Waals surface area contributed by atoms with Gasteiger partial charge in [0.15, 0.2) is 0 Å². The zero-order chi connectivity index (χ0) is 41.2. The van der Waals surface area contributed by atoms with E-state index in [4.69, 9.17) is 0 Å². The van der Waals surface area contributed by atoms with E-state index in [-0.39, 0.29) is 99.0 Å². The van der Waals surface area contributed by atoms with Crippen LogP contribution in [0.4, 0.5) is 0 Å². The molecule has 0 saturated carbocycles. The van der Waals surface area contributed by atoms with Gasteiger partial charge in [-0.2, -0.15) is 0 Å². The van der Waals surface area contributed by atoms with Crippen molar-refractivity contribution in [1.82, 2.24) is 0 Å². The van der Waals surface area contributed by atoms with Crippen LogP contribution in [0.3, 0.4) is 0 Å². The maximum absolute atomic E-state index is 9.59. The van der Waals surface area contributed by atoms with E-state index < -0.39 is 47.8 Å². The van der Waals surface area contributed by atoms with Crippen LogP contribution in [0, 0.1) is 47.3 Å². The summed E-state index contributed by atoms with van der Waals surface area (Å²) in [6.07, 6.45) is 0. The van der Waals surface area contributed by atoms with Gasteiger partial charge in [-0.05, 0) is 47.3 Å². The number of carboxylic acids is 8. The van der Waals surface area contributed by atoms with Crippen molar-refractivity contribution < 1.29 is 131 Å². The first-order valence-electron chi connectivity index (χ1n) is 14.8. The van der Waals surface area contributed by atoms with Crippen molar-refractivity contribution in [3.63, 3.8) is 0 Å². The summed E-state index contributed by atoms with van der Waals surface area (Å²) in [5.41, 5.74) is 0. The minimum Gasteiger partial charge on any atom is -0.550 e. The van der Waals surface area contributed by atoms with Crippen molar-refractivity contribution in [1.29, 1.82) is 0 Å². The van der Waals surface area contributed by atoms with Crippen molar-refractivity contribution >= 4 is 47.8 Å². The fourth-order valence-electron chi connectivity index (χ4n) is 0. The van der Waals surface area contributed by atoms with E-state index in [0.717, 1.165) is 0 Å². The molecule has 288 valence electrons. The van der Waals surface area contributed by atoms with Crippen LogP contribution in [-0.2, 0) is 90.0 Å². The van der Waals surface area contributed by atoms with Crippen LogP contribution in [-0.4, -0.2) is 47.8 Å². The zero-order valence-corrected chi connectivity index (χ0v) is 39.3. The fourth-order valence-corrected chi connectivity index (χ4v) is 0. The van der Waals surface area contributed by atoms with Crippen molar-refractivity contribution in [2.45, 2.75) is 111 Å². The number of carbonyl (C=O) groups excluding carboxylic acids is 8. The quantitative estimate of drug-likeness (QED) is 0.206. The average molecular weight is 1050 g/mol. The van der Waals surface area contributed by atoms with E-state index in [0.29, 0.717) is 0 Å². The van der Waals surface area contributed by atoms with Crippen molar-refractivity contribution in [3.8, 4) is 0 Å². The van der Waals surface area contributed by atoms with Gasteiger partial charge in [0, 0.05) is 47.8 Å². The smallest absolute Gasteiger partial charge is 0.550 e. The molecule has 0 amide bonds. The molecule has 0 atom stereocenters. The van der Waals surface area contributed by atoms with E-state index in [1.165, 1.54) is 0 Å². The first kappa shape index (κ1) is 73.0. The van der Waals surface area contributed by atoms with Crippen LogP contribution in [0.1, 0.15) is 111 Å². The molecule has 50 heavy (non-hydrogen) atoms. The molecule has 0 N–H and O–H groups in total. The summed E-state index contributed by atoms with van der Waals surface area (Å²) in [6, 6.07) is 0. The molecule has 0 radical (unpaired) electrons. The van der Waals surface area contributed by atoms with E-state index in [9.17, 15) is 79.2 Å². The van der Waals surface area contributed by atoms with E-state index in [2.05, 4.69) is 0 Å². The number of hydrogen-bond donors (Lipinski definition) is 0. The number of carboxylic acid groups (broad SMARTS) is 8. The molecule has 0 bridgehead atoms. The molecule has 16 nitrogen and oxygen atoms in total. The third kappa shape index (κ3) is 104. The summed E-state index contributed by atoms with van der Waals surface area (Å²) >= 11 is 0. The maximum atomic E-state index is 9.59. The second kappa shape index (κ2) is 46.5. The Labute approximate surface area is 335 Å². The molecule has 0 unspecified atom stereocenters. The molecule has 0 rings (SSSR count). The summed E-state index contributed by atoms with van der Waals surface area (Å²) in [6.45, 7) is 25.3. The Balaban J connectivity index is -0.0000000455.